The second-order valence-corrected chi connectivity index (χ2v) is 4.70. The monoisotopic (exact) mass is 313 g/mol. The van der Waals surface area contributed by atoms with Gasteiger partial charge in [-0.3, -0.25) is 9.59 Å². The van der Waals surface area contributed by atoms with Crippen LogP contribution in [-0.4, -0.2) is 24.3 Å². The van der Waals surface area contributed by atoms with E-state index >= 15 is 0 Å². The maximum atomic E-state index is 11.8. The molecule has 0 aliphatic heterocycles. The molecule has 2 aromatic rings. The zero-order chi connectivity index (χ0) is 16.8. The second-order valence-electron chi connectivity index (χ2n) is 4.70. The second kappa shape index (κ2) is 7.22. The first-order valence-electron chi connectivity index (χ1n) is 6.80. The van der Waals surface area contributed by atoms with Gasteiger partial charge in [0.1, 0.15) is 11.5 Å². The number of primary amides is 1. The Hall–Kier alpha value is -3.15. The van der Waals surface area contributed by atoms with Gasteiger partial charge in [-0.1, -0.05) is 12.1 Å². The Morgan fingerprint density at radius 1 is 1.00 bits per heavy atom. The molecule has 0 radical (unpaired) electrons. The van der Waals surface area contributed by atoms with Crippen molar-refractivity contribution in [3.05, 3.63) is 59.7 Å². The van der Waals surface area contributed by atoms with Gasteiger partial charge in [-0.15, -0.1) is 0 Å². The van der Waals surface area contributed by atoms with E-state index in [1.54, 1.807) is 24.3 Å². The molecule has 0 aromatic heterocycles. The number of hydrogen-bond acceptors (Lipinski definition) is 5. The molecule has 6 nitrogen and oxygen atoms in total. The fourth-order valence-corrected chi connectivity index (χ4v) is 1.85. The molecule has 2 rings (SSSR count). The van der Waals surface area contributed by atoms with Gasteiger partial charge in [0.15, 0.2) is 12.4 Å². The van der Waals surface area contributed by atoms with E-state index in [1.807, 2.05) is 0 Å². The molecule has 0 fully saturated rings. The molecule has 0 atom stereocenters. The highest BCUT2D eigenvalue weighted by Gasteiger charge is 2.11. The van der Waals surface area contributed by atoms with Crippen LogP contribution in [0, 0.1) is 0 Å². The average molecular weight is 313 g/mol. The van der Waals surface area contributed by atoms with E-state index in [0.29, 0.717) is 11.3 Å². The summed E-state index contributed by atoms with van der Waals surface area (Å²) in [5, 5.41) is 0. The van der Waals surface area contributed by atoms with Crippen LogP contribution in [0.15, 0.2) is 48.5 Å². The zero-order valence-electron chi connectivity index (χ0n) is 12.4. The van der Waals surface area contributed by atoms with Crippen LogP contribution in [0.3, 0.4) is 0 Å². The van der Waals surface area contributed by atoms with E-state index in [2.05, 4.69) is 0 Å². The van der Waals surface area contributed by atoms with Crippen molar-refractivity contribution < 1.29 is 23.9 Å². The van der Waals surface area contributed by atoms with Crippen LogP contribution in [0.25, 0.3) is 0 Å². The number of esters is 1. The third kappa shape index (κ3) is 4.41. The minimum atomic E-state index is -0.645. The lowest BCUT2D eigenvalue weighted by atomic mass is 10.1. The van der Waals surface area contributed by atoms with Crippen LogP contribution in [0.2, 0.25) is 0 Å². The van der Waals surface area contributed by atoms with Gasteiger partial charge in [-0.2, -0.15) is 0 Å². The molecule has 2 N–H and O–H groups in total. The number of Topliss-reactive ketones (excluding diaryl/α,β-unsaturated/α-hetero) is 1. The van der Waals surface area contributed by atoms with E-state index in [9.17, 15) is 14.4 Å². The number of hydrogen-bond donors (Lipinski definition) is 1. The van der Waals surface area contributed by atoms with Gasteiger partial charge in [0.25, 0.3) is 5.91 Å². The maximum Gasteiger partial charge on any atom is 0.349 e. The molecule has 1 amide bonds. The van der Waals surface area contributed by atoms with Crippen LogP contribution < -0.4 is 15.2 Å². The summed E-state index contributed by atoms with van der Waals surface area (Å²) in [6, 6.07) is 12.5. The Kier molecular flexibility index (Phi) is 5.09. The molecule has 0 heterocycles. The summed E-state index contributed by atoms with van der Waals surface area (Å²) >= 11 is 0. The summed E-state index contributed by atoms with van der Waals surface area (Å²) in [6.07, 6.45) is 0. The smallest absolute Gasteiger partial charge is 0.349 e. The lowest BCUT2D eigenvalue weighted by Gasteiger charge is -2.09. The highest BCUT2D eigenvalue weighted by molar-refractivity contribution is 5.95. The van der Waals surface area contributed by atoms with Crippen LogP contribution >= 0.6 is 0 Å². The molecule has 0 aliphatic carbocycles. The molecule has 2 aromatic carbocycles. The van der Waals surface area contributed by atoms with Crippen molar-refractivity contribution >= 4 is 17.7 Å². The molecule has 0 unspecified atom stereocenters. The quantitative estimate of drug-likeness (QED) is 0.500. The third-order valence-electron chi connectivity index (χ3n) is 2.99. The molecular weight excluding hydrogens is 298 g/mol. The number of benzene rings is 2. The summed E-state index contributed by atoms with van der Waals surface area (Å²) in [5.74, 6) is -0.849. The lowest BCUT2D eigenvalue weighted by Crippen LogP contribution is -2.20. The molecule has 6 heteroatoms. The van der Waals surface area contributed by atoms with Crippen LogP contribution in [-0.2, 0) is 4.79 Å². The normalized spacial score (nSPS) is 9.96. The number of carbonyl (C=O) groups excluding carboxylic acids is 3. The average Bonchev–Trinajstić information content (AvgIpc) is 2.53. The summed E-state index contributed by atoms with van der Waals surface area (Å²) < 4.78 is 10.3. The van der Waals surface area contributed by atoms with E-state index in [4.69, 9.17) is 15.2 Å². The predicted molar refractivity (Wildman–Crippen MR) is 82.5 cm³/mol. The number of nitrogens with two attached hydrogens (primary N) is 1. The fraction of sp³-hybridized carbons (Fsp3) is 0.118. The van der Waals surface area contributed by atoms with Crippen molar-refractivity contribution in [2.45, 2.75) is 6.92 Å². The highest BCUT2D eigenvalue weighted by atomic mass is 16.6. The first-order valence-corrected chi connectivity index (χ1v) is 6.80. The van der Waals surface area contributed by atoms with Crippen molar-refractivity contribution in [2.24, 2.45) is 5.73 Å². The minimum absolute atomic E-state index is 0.0748. The topological polar surface area (TPSA) is 95.7 Å². The largest absolute Gasteiger partial charge is 0.481 e. The van der Waals surface area contributed by atoms with E-state index < -0.39 is 11.9 Å². The van der Waals surface area contributed by atoms with E-state index in [1.165, 1.54) is 31.2 Å². The third-order valence-corrected chi connectivity index (χ3v) is 2.99. The summed E-state index contributed by atoms with van der Waals surface area (Å²) in [6.45, 7) is 1.07. The van der Waals surface area contributed by atoms with Gasteiger partial charge in [-0.25, -0.2) is 4.79 Å². The summed E-state index contributed by atoms with van der Waals surface area (Å²) in [4.78, 5) is 34.2. The molecule has 0 aliphatic rings. The highest BCUT2D eigenvalue weighted by Crippen LogP contribution is 2.17. The fourth-order valence-electron chi connectivity index (χ4n) is 1.85. The van der Waals surface area contributed by atoms with E-state index in [-0.39, 0.29) is 23.7 Å². The lowest BCUT2D eigenvalue weighted by molar-refractivity contribution is -0.136. The Labute approximate surface area is 132 Å². The number of ether oxygens (including phenoxy) is 2. The van der Waals surface area contributed by atoms with Gasteiger partial charge >= 0.3 is 5.97 Å². The SMILES string of the molecule is CC(=O)c1ccc(OC(=O)COc2ccccc2C(N)=O)cc1. The van der Waals surface area contributed by atoms with Gasteiger partial charge in [-0.05, 0) is 43.3 Å². The van der Waals surface area contributed by atoms with Crippen molar-refractivity contribution in [3.8, 4) is 11.5 Å². The first-order chi connectivity index (χ1) is 11.0. The van der Waals surface area contributed by atoms with Gasteiger partial charge < -0.3 is 15.2 Å². The minimum Gasteiger partial charge on any atom is -0.481 e. The van der Waals surface area contributed by atoms with Crippen LogP contribution in [0.1, 0.15) is 27.6 Å². The maximum absolute atomic E-state index is 11.8. The molecule has 23 heavy (non-hydrogen) atoms. The van der Waals surface area contributed by atoms with E-state index in [0.717, 1.165) is 0 Å². The van der Waals surface area contributed by atoms with Crippen molar-refractivity contribution in [1.29, 1.82) is 0 Å². The van der Waals surface area contributed by atoms with Crippen LogP contribution in [0.4, 0.5) is 0 Å². The van der Waals surface area contributed by atoms with Crippen molar-refractivity contribution in [3.63, 3.8) is 0 Å². The molecule has 0 spiro atoms. The summed E-state index contributed by atoms with van der Waals surface area (Å²) in [5.41, 5.74) is 5.93. The van der Waals surface area contributed by atoms with Gasteiger partial charge in [0, 0.05) is 5.56 Å². The molecule has 0 saturated carbocycles. The zero-order valence-corrected chi connectivity index (χ0v) is 12.4. The number of amides is 1. The predicted octanol–water partition coefficient (Wildman–Crippen LogP) is 1.97. The Morgan fingerprint density at radius 2 is 1.65 bits per heavy atom. The standard InChI is InChI=1S/C17H15NO5/c1-11(19)12-6-8-13(9-7-12)23-16(20)10-22-15-5-3-2-4-14(15)17(18)21/h2-9H,10H2,1H3,(H2,18,21). The Morgan fingerprint density at radius 3 is 2.26 bits per heavy atom. The molecule has 0 bridgehead atoms. The summed E-state index contributed by atoms with van der Waals surface area (Å²) in [7, 11) is 0. The number of para-hydroxylation sites is 1. The van der Waals surface area contributed by atoms with Crippen molar-refractivity contribution in [1.82, 2.24) is 0 Å². The number of rotatable bonds is 6. The van der Waals surface area contributed by atoms with Gasteiger partial charge in [0.05, 0.1) is 5.56 Å². The Bertz CT molecular complexity index is 737. The van der Waals surface area contributed by atoms with Crippen molar-refractivity contribution in [2.75, 3.05) is 6.61 Å². The molecule has 0 saturated heterocycles. The number of ketones is 1. The molecular formula is C17H15NO5. The molecule has 118 valence electrons. The van der Waals surface area contributed by atoms with Crippen LogP contribution in [0.5, 0.6) is 11.5 Å². The first kappa shape index (κ1) is 16.2. The van der Waals surface area contributed by atoms with Gasteiger partial charge in [0.2, 0.25) is 0 Å². The number of carbonyl (C=O) groups is 3. The Balaban J connectivity index is 1.95.